The summed E-state index contributed by atoms with van der Waals surface area (Å²) in [4.78, 5) is 18.2. The Labute approximate surface area is 175 Å². The largest absolute Gasteiger partial charge is 0.505 e. The van der Waals surface area contributed by atoms with Crippen molar-refractivity contribution in [3.8, 4) is 5.75 Å². The minimum absolute atomic E-state index is 0.136. The molecule has 6 nitrogen and oxygen atoms in total. The third-order valence-electron chi connectivity index (χ3n) is 5.69. The first-order chi connectivity index (χ1) is 14.8. The molecule has 1 fully saturated rings. The lowest BCUT2D eigenvalue weighted by molar-refractivity contribution is 0.206. The highest BCUT2D eigenvalue weighted by Crippen LogP contribution is 2.37. The quantitative estimate of drug-likeness (QED) is 0.567. The van der Waals surface area contributed by atoms with Crippen LogP contribution in [0.5, 0.6) is 5.75 Å². The number of rotatable bonds is 4. The van der Waals surface area contributed by atoms with Gasteiger partial charge < -0.3 is 10.0 Å². The Kier molecular flexibility index (Phi) is 4.99. The highest BCUT2D eigenvalue weighted by atomic mass is 16.3. The Balaban J connectivity index is 1.49. The second-order valence-corrected chi connectivity index (χ2v) is 7.45. The predicted octanol–water partition coefficient (Wildman–Crippen LogP) is 3.64. The highest BCUT2D eigenvalue weighted by Gasteiger charge is 2.30. The second kappa shape index (κ2) is 8.08. The van der Waals surface area contributed by atoms with Gasteiger partial charge in [-0.25, -0.2) is 4.98 Å². The van der Waals surface area contributed by atoms with Gasteiger partial charge in [0.25, 0.3) is 0 Å². The van der Waals surface area contributed by atoms with E-state index in [1.165, 1.54) is 0 Å². The molecule has 5 rings (SSSR count). The van der Waals surface area contributed by atoms with Crippen molar-refractivity contribution in [2.24, 2.45) is 0 Å². The fourth-order valence-electron chi connectivity index (χ4n) is 4.20. The van der Waals surface area contributed by atoms with E-state index in [4.69, 9.17) is 0 Å². The maximum absolute atomic E-state index is 11.1. The minimum atomic E-state index is -0.136. The molecule has 1 aliphatic rings. The first kappa shape index (κ1) is 18.5. The van der Waals surface area contributed by atoms with Gasteiger partial charge in [-0.2, -0.15) is 0 Å². The Morgan fingerprint density at radius 2 is 1.50 bits per heavy atom. The summed E-state index contributed by atoms with van der Waals surface area (Å²) >= 11 is 0. The zero-order valence-corrected chi connectivity index (χ0v) is 16.6. The summed E-state index contributed by atoms with van der Waals surface area (Å²) in [5.41, 5.74) is 2.39. The topological polar surface area (TPSA) is 65.4 Å². The van der Waals surface area contributed by atoms with Gasteiger partial charge in [0.15, 0.2) is 0 Å². The number of aromatic hydroxyl groups is 1. The van der Waals surface area contributed by atoms with Crippen LogP contribution in [0.2, 0.25) is 0 Å². The number of benzene rings is 1. The molecule has 1 unspecified atom stereocenters. The Morgan fingerprint density at radius 1 is 0.733 bits per heavy atom. The number of anilines is 1. The lowest BCUT2D eigenvalue weighted by atomic mass is 9.97. The van der Waals surface area contributed by atoms with Gasteiger partial charge in [0.1, 0.15) is 17.1 Å². The third kappa shape index (κ3) is 3.46. The molecular formula is C24H23N5O. The van der Waals surface area contributed by atoms with Gasteiger partial charge in [0.05, 0.1) is 11.7 Å². The zero-order chi connectivity index (χ0) is 20.3. The molecule has 0 bridgehead atoms. The summed E-state index contributed by atoms with van der Waals surface area (Å²) in [6, 6.07) is 19.7. The summed E-state index contributed by atoms with van der Waals surface area (Å²) in [7, 11) is 0. The van der Waals surface area contributed by atoms with Gasteiger partial charge in [-0.15, -0.1) is 0 Å². The maximum atomic E-state index is 11.1. The van der Waals surface area contributed by atoms with Crippen molar-refractivity contribution in [3.05, 3.63) is 90.5 Å². The van der Waals surface area contributed by atoms with E-state index in [0.29, 0.717) is 5.52 Å². The predicted molar refractivity (Wildman–Crippen MR) is 118 cm³/mol. The van der Waals surface area contributed by atoms with Crippen molar-refractivity contribution in [2.75, 3.05) is 31.1 Å². The Morgan fingerprint density at radius 3 is 2.23 bits per heavy atom. The van der Waals surface area contributed by atoms with Gasteiger partial charge in [-0.3, -0.25) is 14.9 Å². The van der Waals surface area contributed by atoms with Crippen LogP contribution >= 0.6 is 0 Å². The molecule has 1 aromatic carbocycles. The number of nitrogens with zero attached hydrogens (tertiary/aromatic N) is 5. The number of hydrogen-bond donors (Lipinski definition) is 1. The molecule has 4 aromatic rings. The van der Waals surface area contributed by atoms with Crippen LogP contribution in [-0.2, 0) is 0 Å². The molecule has 0 spiro atoms. The first-order valence-electron chi connectivity index (χ1n) is 10.2. The molecule has 3 aromatic heterocycles. The monoisotopic (exact) mass is 397 g/mol. The molecule has 4 heterocycles. The Hall–Kier alpha value is -3.51. The Bertz CT molecular complexity index is 1130. The third-order valence-corrected chi connectivity index (χ3v) is 5.69. The van der Waals surface area contributed by atoms with Crippen molar-refractivity contribution in [1.29, 1.82) is 0 Å². The van der Waals surface area contributed by atoms with Gasteiger partial charge in [0, 0.05) is 55.7 Å². The van der Waals surface area contributed by atoms with Gasteiger partial charge in [0.2, 0.25) is 0 Å². The van der Waals surface area contributed by atoms with E-state index in [1.54, 1.807) is 6.20 Å². The minimum Gasteiger partial charge on any atom is -0.505 e. The normalized spacial score (nSPS) is 15.9. The number of piperazine rings is 1. The number of aromatic nitrogens is 3. The van der Waals surface area contributed by atoms with E-state index < -0.39 is 0 Å². The molecule has 0 saturated carbocycles. The van der Waals surface area contributed by atoms with Crippen molar-refractivity contribution in [3.63, 3.8) is 0 Å². The number of fused-ring (bicyclic) bond motifs is 1. The second-order valence-electron chi connectivity index (χ2n) is 7.45. The molecular weight excluding hydrogens is 374 g/mol. The van der Waals surface area contributed by atoms with Gasteiger partial charge in [-0.1, -0.05) is 30.3 Å². The number of pyridine rings is 3. The van der Waals surface area contributed by atoms with Crippen LogP contribution in [-0.4, -0.2) is 51.1 Å². The van der Waals surface area contributed by atoms with Crippen molar-refractivity contribution in [2.45, 2.75) is 6.04 Å². The molecule has 150 valence electrons. The molecule has 1 saturated heterocycles. The SMILES string of the molecule is Oc1c(C(c2ccccn2)N2CCN(c3ccccn3)CC2)ccc2cccnc12. The summed E-state index contributed by atoms with van der Waals surface area (Å²) in [5.74, 6) is 1.24. The molecule has 1 N–H and O–H groups in total. The van der Waals surface area contributed by atoms with Crippen LogP contribution in [0.1, 0.15) is 17.3 Å². The molecule has 0 radical (unpaired) electrons. The van der Waals surface area contributed by atoms with Crippen LogP contribution in [0, 0.1) is 0 Å². The van der Waals surface area contributed by atoms with Gasteiger partial charge >= 0.3 is 0 Å². The summed E-state index contributed by atoms with van der Waals surface area (Å²) < 4.78 is 0. The van der Waals surface area contributed by atoms with E-state index in [1.807, 2.05) is 73.1 Å². The van der Waals surface area contributed by atoms with E-state index in [9.17, 15) is 5.11 Å². The average Bonchev–Trinajstić information content (AvgIpc) is 2.83. The zero-order valence-electron chi connectivity index (χ0n) is 16.6. The summed E-state index contributed by atoms with van der Waals surface area (Å²) in [6.07, 6.45) is 5.36. The van der Waals surface area contributed by atoms with Crippen molar-refractivity contribution >= 4 is 16.7 Å². The molecule has 0 aliphatic carbocycles. The van der Waals surface area contributed by atoms with Crippen LogP contribution in [0.25, 0.3) is 10.9 Å². The number of phenolic OH excluding ortho intramolecular Hbond substituents is 1. The fourth-order valence-corrected chi connectivity index (χ4v) is 4.20. The van der Waals surface area contributed by atoms with E-state index in [0.717, 1.165) is 48.6 Å². The lowest BCUT2D eigenvalue weighted by Crippen LogP contribution is -2.48. The average molecular weight is 397 g/mol. The molecule has 6 heteroatoms. The summed E-state index contributed by atoms with van der Waals surface area (Å²) in [5, 5.41) is 12.0. The standard InChI is InChI=1S/C24H23N5O/c30-24-19(10-9-18-6-5-13-27-22(18)24)23(20-7-1-3-11-25-20)29-16-14-28(15-17-29)21-8-2-4-12-26-21/h1-13,23,30H,14-17H2. The number of hydrogen-bond acceptors (Lipinski definition) is 6. The lowest BCUT2D eigenvalue weighted by Gasteiger charge is -2.39. The van der Waals surface area contributed by atoms with Crippen LogP contribution < -0.4 is 4.90 Å². The van der Waals surface area contributed by atoms with Crippen molar-refractivity contribution < 1.29 is 5.11 Å². The highest BCUT2D eigenvalue weighted by molar-refractivity contribution is 5.85. The van der Waals surface area contributed by atoms with Crippen LogP contribution in [0.15, 0.2) is 79.3 Å². The smallest absolute Gasteiger partial charge is 0.146 e. The maximum Gasteiger partial charge on any atom is 0.146 e. The molecule has 1 atom stereocenters. The van der Waals surface area contributed by atoms with Crippen LogP contribution in [0.4, 0.5) is 5.82 Å². The number of phenols is 1. The van der Waals surface area contributed by atoms with E-state index in [-0.39, 0.29) is 11.8 Å². The molecule has 0 amide bonds. The summed E-state index contributed by atoms with van der Waals surface area (Å²) in [6.45, 7) is 3.43. The van der Waals surface area contributed by atoms with Crippen LogP contribution in [0.3, 0.4) is 0 Å². The van der Waals surface area contributed by atoms with Crippen molar-refractivity contribution in [1.82, 2.24) is 19.9 Å². The fraction of sp³-hybridized carbons (Fsp3) is 0.208. The molecule has 1 aliphatic heterocycles. The van der Waals surface area contributed by atoms with E-state index >= 15 is 0 Å². The van der Waals surface area contributed by atoms with E-state index in [2.05, 4.69) is 24.8 Å². The molecule has 30 heavy (non-hydrogen) atoms. The van der Waals surface area contributed by atoms with Gasteiger partial charge in [-0.05, 0) is 30.3 Å². The first-order valence-corrected chi connectivity index (χ1v) is 10.2.